The number of nitrogens with one attached hydrogen (secondary N) is 1. The summed E-state index contributed by atoms with van der Waals surface area (Å²) in [7, 11) is 1.75. The van der Waals surface area contributed by atoms with Crippen molar-refractivity contribution >= 4 is 15.9 Å². The summed E-state index contributed by atoms with van der Waals surface area (Å²) in [6.07, 6.45) is 2.61. The van der Waals surface area contributed by atoms with Gasteiger partial charge in [0.25, 0.3) is 0 Å². The predicted octanol–water partition coefficient (Wildman–Crippen LogP) is 2.65. The molecule has 0 amide bonds. The van der Waals surface area contributed by atoms with Gasteiger partial charge in [-0.1, -0.05) is 28.1 Å². The van der Waals surface area contributed by atoms with Gasteiger partial charge in [0.15, 0.2) is 0 Å². The minimum Gasteiger partial charge on any atom is -0.383 e. The van der Waals surface area contributed by atoms with Gasteiger partial charge in [0, 0.05) is 37.3 Å². The van der Waals surface area contributed by atoms with Gasteiger partial charge in [0.2, 0.25) is 0 Å². The maximum atomic E-state index is 5.06. The molecule has 19 heavy (non-hydrogen) atoms. The van der Waals surface area contributed by atoms with Crippen LogP contribution < -0.4 is 5.32 Å². The summed E-state index contributed by atoms with van der Waals surface area (Å²) < 4.78 is 6.23. The normalized spacial score (nSPS) is 20.0. The third kappa shape index (κ3) is 4.88. The zero-order valence-corrected chi connectivity index (χ0v) is 13.2. The lowest BCUT2D eigenvalue weighted by Gasteiger charge is -2.25. The van der Waals surface area contributed by atoms with Gasteiger partial charge >= 0.3 is 0 Å². The fourth-order valence-corrected chi connectivity index (χ4v) is 3.09. The first-order valence-corrected chi connectivity index (χ1v) is 7.77. The molecule has 1 aromatic rings. The van der Waals surface area contributed by atoms with Crippen LogP contribution in [0.1, 0.15) is 18.4 Å². The lowest BCUT2D eigenvalue weighted by atomic mass is 10.2. The van der Waals surface area contributed by atoms with E-state index in [1.54, 1.807) is 7.11 Å². The van der Waals surface area contributed by atoms with E-state index in [0.717, 1.165) is 26.2 Å². The second-order valence-electron chi connectivity index (χ2n) is 5.09. The maximum Gasteiger partial charge on any atom is 0.0587 e. The largest absolute Gasteiger partial charge is 0.383 e. The van der Waals surface area contributed by atoms with Crippen molar-refractivity contribution in [1.82, 2.24) is 10.2 Å². The third-order valence-electron chi connectivity index (χ3n) is 3.64. The Bertz CT molecular complexity index is 386. The second-order valence-corrected chi connectivity index (χ2v) is 6.01. The van der Waals surface area contributed by atoms with Crippen LogP contribution in [0.3, 0.4) is 0 Å². The highest BCUT2D eigenvalue weighted by atomic mass is 79.9. The van der Waals surface area contributed by atoms with E-state index in [0.29, 0.717) is 6.04 Å². The van der Waals surface area contributed by atoms with E-state index >= 15 is 0 Å². The first kappa shape index (κ1) is 15.0. The number of halogens is 1. The molecule has 1 unspecified atom stereocenters. The summed E-state index contributed by atoms with van der Waals surface area (Å²) in [5.41, 5.74) is 1.39. The number of rotatable bonds is 7. The van der Waals surface area contributed by atoms with E-state index in [4.69, 9.17) is 4.74 Å². The van der Waals surface area contributed by atoms with Crippen molar-refractivity contribution in [3.8, 4) is 0 Å². The molecular formula is C15H23BrN2O. The van der Waals surface area contributed by atoms with E-state index < -0.39 is 0 Å². The molecule has 1 fully saturated rings. The van der Waals surface area contributed by atoms with E-state index in [1.165, 1.54) is 29.4 Å². The van der Waals surface area contributed by atoms with Crippen LogP contribution >= 0.6 is 15.9 Å². The average Bonchev–Trinajstić information content (AvgIpc) is 2.82. The predicted molar refractivity (Wildman–Crippen MR) is 82.3 cm³/mol. The summed E-state index contributed by atoms with van der Waals surface area (Å²) in [5, 5.41) is 3.48. The molecule has 0 aliphatic carbocycles. The highest BCUT2D eigenvalue weighted by Gasteiger charge is 2.23. The Balaban J connectivity index is 1.81. The van der Waals surface area contributed by atoms with Crippen molar-refractivity contribution in [2.75, 3.05) is 33.4 Å². The summed E-state index contributed by atoms with van der Waals surface area (Å²) in [4.78, 5) is 2.58. The monoisotopic (exact) mass is 326 g/mol. The quantitative estimate of drug-likeness (QED) is 0.779. The van der Waals surface area contributed by atoms with Crippen molar-refractivity contribution in [1.29, 1.82) is 0 Å². The molecule has 0 bridgehead atoms. The summed E-state index contributed by atoms with van der Waals surface area (Å²) in [6, 6.07) is 9.28. The smallest absolute Gasteiger partial charge is 0.0587 e. The molecule has 0 aromatic heterocycles. The van der Waals surface area contributed by atoms with E-state index in [-0.39, 0.29) is 0 Å². The number of ether oxygens (including phenoxy) is 1. The van der Waals surface area contributed by atoms with Crippen molar-refractivity contribution < 1.29 is 4.74 Å². The molecule has 2 rings (SSSR count). The van der Waals surface area contributed by atoms with Gasteiger partial charge in [-0.15, -0.1) is 0 Å². The molecule has 0 spiro atoms. The Labute approximate surface area is 124 Å². The molecule has 1 N–H and O–H groups in total. The SMILES string of the molecule is COCCNCC1CCCN1Cc1cccc(Br)c1. The van der Waals surface area contributed by atoms with E-state index in [9.17, 15) is 0 Å². The van der Waals surface area contributed by atoms with Crippen molar-refractivity contribution in [3.05, 3.63) is 34.3 Å². The van der Waals surface area contributed by atoms with Gasteiger partial charge in [-0.25, -0.2) is 0 Å². The highest BCUT2D eigenvalue weighted by Crippen LogP contribution is 2.21. The lowest BCUT2D eigenvalue weighted by molar-refractivity contribution is 0.191. The number of likely N-dealkylation sites (tertiary alicyclic amines) is 1. The molecule has 4 heteroatoms. The third-order valence-corrected chi connectivity index (χ3v) is 4.13. The molecule has 1 aromatic carbocycles. The molecule has 1 atom stereocenters. The molecule has 1 aliphatic heterocycles. The molecule has 1 heterocycles. The zero-order chi connectivity index (χ0) is 13.5. The van der Waals surface area contributed by atoms with Crippen LogP contribution in [-0.2, 0) is 11.3 Å². The van der Waals surface area contributed by atoms with Gasteiger partial charge in [0.1, 0.15) is 0 Å². The molecule has 106 valence electrons. The second kappa shape index (κ2) is 8.00. The Morgan fingerprint density at radius 1 is 1.47 bits per heavy atom. The Morgan fingerprint density at radius 2 is 2.37 bits per heavy atom. The molecule has 1 aliphatic rings. The van der Waals surface area contributed by atoms with E-state index in [1.807, 2.05) is 0 Å². The summed E-state index contributed by atoms with van der Waals surface area (Å²) in [5.74, 6) is 0. The Morgan fingerprint density at radius 3 is 3.16 bits per heavy atom. The molecular weight excluding hydrogens is 304 g/mol. The van der Waals surface area contributed by atoms with Crippen molar-refractivity contribution in [3.63, 3.8) is 0 Å². The van der Waals surface area contributed by atoms with Crippen LogP contribution in [0.15, 0.2) is 28.7 Å². The number of hydrogen-bond acceptors (Lipinski definition) is 3. The topological polar surface area (TPSA) is 24.5 Å². The van der Waals surface area contributed by atoms with Gasteiger partial charge in [-0.05, 0) is 37.1 Å². The van der Waals surface area contributed by atoms with Crippen LogP contribution in [0.25, 0.3) is 0 Å². The fourth-order valence-electron chi connectivity index (χ4n) is 2.65. The first-order valence-electron chi connectivity index (χ1n) is 6.98. The fraction of sp³-hybridized carbons (Fsp3) is 0.600. The minimum absolute atomic E-state index is 0.663. The Hall–Kier alpha value is -0.420. The molecule has 1 saturated heterocycles. The number of hydrogen-bond donors (Lipinski definition) is 1. The van der Waals surface area contributed by atoms with Crippen molar-refractivity contribution in [2.45, 2.75) is 25.4 Å². The van der Waals surface area contributed by atoms with Crippen LogP contribution in [0.5, 0.6) is 0 Å². The average molecular weight is 327 g/mol. The molecule has 0 saturated carbocycles. The summed E-state index contributed by atoms with van der Waals surface area (Å²) in [6.45, 7) is 5.06. The van der Waals surface area contributed by atoms with Gasteiger partial charge in [-0.3, -0.25) is 4.90 Å². The van der Waals surface area contributed by atoms with Crippen LogP contribution in [0.2, 0.25) is 0 Å². The van der Waals surface area contributed by atoms with E-state index in [2.05, 4.69) is 50.4 Å². The van der Waals surface area contributed by atoms with Crippen LogP contribution in [0.4, 0.5) is 0 Å². The lowest BCUT2D eigenvalue weighted by Crippen LogP contribution is -2.38. The number of benzene rings is 1. The van der Waals surface area contributed by atoms with Crippen LogP contribution in [0, 0.1) is 0 Å². The maximum absolute atomic E-state index is 5.06. The van der Waals surface area contributed by atoms with Crippen LogP contribution in [-0.4, -0.2) is 44.3 Å². The molecule has 0 radical (unpaired) electrons. The number of methoxy groups -OCH3 is 1. The van der Waals surface area contributed by atoms with Gasteiger partial charge in [-0.2, -0.15) is 0 Å². The minimum atomic E-state index is 0.663. The zero-order valence-electron chi connectivity index (χ0n) is 11.6. The molecule has 3 nitrogen and oxygen atoms in total. The number of nitrogens with zero attached hydrogens (tertiary/aromatic N) is 1. The standard InChI is InChI=1S/C15H23BrN2O/c1-19-9-7-17-11-15-6-3-8-18(15)12-13-4-2-5-14(16)10-13/h2,4-5,10,15,17H,3,6-9,11-12H2,1H3. The first-order chi connectivity index (χ1) is 9.29. The van der Waals surface area contributed by atoms with Gasteiger partial charge in [0.05, 0.1) is 6.61 Å². The summed E-state index contributed by atoms with van der Waals surface area (Å²) >= 11 is 3.54. The van der Waals surface area contributed by atoms with Crippen molar-refractivity contribution in [2.24, 2.45) is 0 Å². The Kier molecular flexibility index (Phi) is 6.31. The van der Waals surface area contributed by atoms with Gasteiger partial charge < -0.3 is 10.1 Å². The highest BCUT2D eigenvalue weighted by molar-refractivity contribution is 9.10.